The van der Waals surface area contributed by atoms with Gasteiger partial charge in [0.2, 0.25) is 12.3 Å². The minimum atomic E-state index is -0.301. The second-order valence-electron chi connectivity index (χ2n) is 7.14. The lowest BCUT2D eigenvalue weighted by molar-refractivity contribution is -0.117. The number of nitrogens with one attached hydrogen (secondary N) is 1. The minimum absolute atomic E-state index is 0.228. The van der Waals surface area contributed by atoms with Gasteiger partial charge in [-0.25, -0.2) is 0 Å². The largest absolute Gasteiger partial charge is 0.377 e. The summed E-state index contributed by atoms with van der Waals surface area (Å²) in [7, 11) is 0. The molecule has 5 heteroatoms. The molecule has 2 unspecified atom stereocenters. The molecule has 5 nitrogen and oxygen atoms in total. The molecule has 0 aromatic heterocycles. The van der Waals surface area contributed by atoms with E-state index in [1.165, 1.54) is 22.3 Å². The number of rotatable bonds is 4. The van der Waals surface area contributed by atoms with Crippen LogP contribution < -0.4 is 16.8 Å². The Labute approximate surface area is 170 Å². The molecule has 0 bridgehead atoms. The maximum atomic E-state index is 11.1. The van der Waals surface area contributed by atoms with Crippen LogP contribution in [0.1, 0.15) is 16.7 Å². The van der Waals surface area contributed by atoms with Crippen LogP contribution in [0.4, 0.5) is 5.69 Å². The van der Waals surface area contributed by atoms with Crippen molar-refractivity contribution in [2.24, 2.45) is 17.4 Å². The molecule has 2 amide bonds. The van der Waals surface area contributed by atoms with Crippen LogP contribution in [0, 0.1) is 5.92 Å². The number of amides is 2. The fourth-order valence-corrected chi connectivity index (χ4v) is 3.85. The Morgan fingerprint density at radius 2 is 1.86 bits per heavy atom. The second kappa shape index (κ2) is 9.06. The highest BCUT2D eigenvalue weighted by Gasteiger charge is 2.29. The number of para-hydroxylation sites is 1. The maximum absolute atomic E-state index is 11.1. The number of hydrogen-bond acceptors (Lipinski definition) is 3. The Morgan fingerprint density at radius 3 is 2.62 bits per heavy atom. The molecular weight excluding hydrogens is 362 g/mol. The van der Waals surface area contributed by atoms with Crippen molar-refractivity contribution in [1.29, 1.82) is 0 Å². The van der Waals surface area contributed by atoms with Crippen LogP contribution >= 0.6 is 0 Å². The predicted octanol–water partition coefficient (Wildman–Crippen LogP) is 2.98. The molecule has 29 heavy (non-hydrogen) atoms. The van der Waals surface area contributed by atoms with Gasteiger partial charge in [-0.2, -0.15) is 0 Å². The fourth-order valence-electron chi connectivity index (χ4n) is 3.85. The second-order valence-corrected chi connectivity index (χ2v) is 7.14. The standard InChI is InChI=1S/C23H22N2O.CH3NO/c1-15-19-7-2-3-8-21(19)25-22-13-18(9-10-20(15)22)12-16-5-4-6-17(11-16)14-23(24)26;2-1-3/h2-11,13,20,22,25H,1,12,14H2,(H2,24,26);1H,(H2,2,3). The first-order chi connectivity index (χ1) is 14.0. The molecule has 148 valence electrons. The molecule has 0 fully saturated rings. The average Bonchev–Trinajstić information content (AvgIpc) is 2.68. The van der Waals surface area contributed by atoms with Crippen LogP contribution in [0.2, 0.25) is 0 Å². The van der Waals surface area contributed by atoms with Gasteiger partial charge < -0.3 is 16.8 Å². The first-order valence-corrected chi connectivity index (χ1v) is 9.47. The summed E-state index contributed by atoms with van der Waals surface area (Å²) in [5.41, 5.74) is 16.4. The highest BCUT2D eigenvalue weighted by atomic mass is 16.1. The van der Waals surface area contributed by atoms with Gasteiger partial charge in [-0.05, 0) is 34.8 Å². The number of anilines is 1. The quantitative estimate of drug-likeness (QED) is 0.704. The monoisotopic (exact) mass is 387 g/mol. The van der Waals surface area contributed by atoms with Crippen LogP contribution in [0.3, 0.4) is 0 Å². The summed E-state index contributed by atoms with van der Waals surface area (Å²) in [6.07, 6.45) is 8.11. The van der Waals surface area contributed by atoms with E-state index in [0.29, 0.717) is 0 Å². The van der Waals surface area contributed by atoms with E-state index >= 15 is 0 Å². The lowest BCUT2D eigenvalue weighted by Crippen LogP contribution is -2.33. The van der Waals surface area contributed by atoms with Crippen molar-refractivity contribution in [2.75, 3.05) is 5.32 Å². The molecule has 2 aromatic carbocycles. The SMILES string of the molecule is C=C1c2ccccc2NC2C=C(Cc3cccc(CC(N)=O)c3)C=CC12.NC=O. The van der Waals surface area contributed by atoms with Crippen LogP contribution in [-0.2, 0) is 22.4 Å². The van der Waals surface area contributed by atoms with Gasteiger partial charge in [0.05, 0.1) is 12.5 Å². The molecule has 0 saturated carbocycles. The van der Waals surface area contributed by atoms with Crippen molar-refractivity contribution < 1.29 is 9.59 Å². The minimum Gasteiger partial charge on any atom is -0.377 e. The van der Waals surface area contributed by atoms with E-state index in [4.69, 9.17) is 10.5 Å². The van der Waals surface area contributed by atoms with E-state index in [2.05, 4.69) is 66.2 Å². The maximum Gasteiger partial charge on any atom is 0.221 e. The number of primary amides is 2. The summed E-state index contributed by atoms with van der Waals surface area (Å²) in [5, 5.41) is 3.63. The van der Waals surface area contributed by atoms with Crippen LogP contribution in [-0.4, -0.2) is 18.4 Å². The third-order valence-electron chi connectivity index (χ3n) is 5.07. The summed E-state index contributed by atoms with van der Waals surface area (Å²) in [5.74, 6) is -0.0137. The Bertz CT molecular complexity index is 991. The van der Waals surface area contributed by atoms with E-state index in [0.717, 1.165) is 17.7 Å². The number of carbonyl (C=O) groups excluding carboxylic acids is 2. The van der Waals surface area contributed by atoms with Crippen molar-refractivity contribution in [1.82, 2.24) is 0 Å². The summed E-state index contributed by atoms with van der Waals surface area (Å²) in [4.78, 5) is 19.7. The van der Waals surface area contributed by atoms with Crippen LogP contribution in [0.5, 0.6) is 0 Å². The van der Waals surface area contributed by atoms with Gasteiger partial charge in [0, 0.05) is 17.2 Å². The molecule has 0 spiro atoms. The van der Waals surface area contributed by atoms with Gasteiger partial charge >= 0.3 is 0 Å². The number of carbonyl (C=O) groups is 2. The molecule has 2 aliphatic rings. The molecule has 1 aliphatic heterocycles. The number of fused-ring (bicyclic) bond motifs is 2. The number of allylic oxidation sites excluding steroid dienone is 2. The van der Waals surface area contributed by atoms with E-state index in [9.17, 15) is 4.79 Å². The Balaban J connectivity index is 0.000000755. The van der Waals surface area contributed by atoms with E-state index in [1.807, 2.05) is 18.2 Å². The zero-order chi connectivity index (χ0) is 20.8. The average molecular weight is 387 g/mol. The number of nitrogens with two attached hydrogens (primary N) is 2. The Kier molecular flexibility index (Phi) is 6.29. The zero-order valence-electron chi connectivity index (χ0n) is 16.2. The molecule has 1 heterocycles. The van der Waals surface area contributed by atoms with Gasteiger partial charge in [0.25, 0.3) is 0 Å². The number of hydrogen-bond donors (Lipinski definition) is 3. The molecule has 4 rings (SSSR count). The smallest absolute Gasteiger partial charge is 0.221 e. The molecule has 1 aliphatic carbocycles. The van der Waals surface area contributed by atoms with Gasteiger partial charge in [-0.15, -0.1) is 0 Å². The van der Waals surface area contributed by atoms with Crippen molar-refractivity contribution in [3.05, 3.63) is 95.6 Å². The first-order valence-electron chi connectivity index (χ1n) is 9.47. The normalized spacial score (nSPS) is 18.9. The summed E-state index contributed by atoms with van der Waals surface area (Å²) >= 11 is 0. The van der Waals surface area contributed by atoms with E-state index in [1.54, 1.807) is 0 Å². The third kappa shape index (κ3) is 4.82. The Hall–Kier alpha value is -3.60. The zero-order valence-corrected chi connectivity index (χ0v) is 16.2. The lowest BCUT2D eigenvalue weighted by atomic mass is 9.79. The third-order valence-corrected chi connectivity index (χ3v) is 5.07. The molecule has 2 atom stereocenters. The molecule has 0 saturated heterocycles. The molecule has 2 aromatic rings. The Morgan fingerprint density at radius 1 is 1.14 bits per heavy atom. The van der Waals surface area contributed by atoms with Crippen molar-refractivity contribution >= 4 is 23.6 Å². The summed E-state index contributed by atoms with van der Waals surface area (Å²) in [6, 6.07) is 16.6. The first kappa shape index (κ1) is 20.1. The van der Waals surface area contributed by atoms with Gasteiger partial charge in [0.15, 0.2) is 0 Å². The molecule has 5 N–H and O–H groups in total. The molecular formula is C24H25N3O2. The van der Waals surface area contributed by atoms with Crippen molar-refractivity contribution in [3.8, 4) is 0 Å². The summed E-state index contributed by atoms with van der Waals surface area (Å²) < 4.78 is 0. The number of benzene rings is 2. The molecule has 0 radical (unpaired) electrons. The predicted molar refractivity (Wildman–Crippen MR) is 117 cm³/mol. The van der Waals surface area contributed by atoms with Crippen molar-refractivity contribution in [3.63, 3.8) is 0 Å². The fraction of sp³-hybridized carbons (Fsp3) is 0.167. The topological polar surface area (TPSA) is 98.2 Å². The van der Waals surface area contributed by atoms with Crippen LogP contribution in [0.15, 0.2) is 78.9 Å². The lowest BCUT2D eigenvalue weighted by Gasteiger charge is -2.35. The van der Waals surface area contributed by atoms with Gasteiger partial charge in [-0.3, -0.25) is 9.59 Å². The van der Waals surface area contributed by atoms with Crippen molar-refractivity contribution in [2.45, 2.75) is 18.9 Å². The van der Waals surface area contributed by atoms with E-state index in [-0.39, 0.29) is 30.7 Å². The van der Waals surface area contributed by atoms with Crippen LogP contribution in [0.25, 0.3) is 5.57 Å². The highest BCUT2D eigenvalue weighted by molar-refractivity contribution is 5.82. The summed E-state index contributed by atoms with van der Waals surface area (Å²) in [6.45, 7) is 4.32. The highest BCUT2D eigenvalue weighted by Crippen LogP contribution is 2.39. The van der Waals surface area contributed by atoms with Gasteiger partial charge in [0.1, 0.15) is 0 Å². The van der Waals surface area contributed by atoms with E-state index < -0.39 is 0 Å². The van der Waals surface area contributed by atoms with Gasteiger partial charge in [-0.1, -0.05) is 67.3 Å².